The number of nitrogens with zero attached hydrogens (tertiary/aromatic N) is 1. The third-order valence-electron chi connectivity index (χ3n) is 6.17. The number of alkyl halides is 6. The third-order valence-corrected chi connectivity index (χ3v) is 6.17. The number of hydrogen-bond donors (Lipinski definition) is 2. The van der Waals surface area contributed by atoms with Crippen LogP contribution in [0.4, 0.5) is 36.8 Å². The molecule has 1 amide bonds. The Labute approximate surface area is 233 Å². The zero-order chi connectivity index (χ0) is 31.3. The van der Waals surface area contributed by atoms with Crippen molar-refractivity contribution in [2.45, 2.75) is 58.2 Å². The molecule has 0 fully saturated rings. The second kappa shape index (κ2) is 13.2. The topological polar surface area (TPSA) is 97.3 Å². The first kappa shape index (κ1) is 33.4. The van der Waals surface area contributed by atoms with Crippen LogP contribution in [0.25, 0.3) is 0 Å². The number of benzene rings is 2. The lowest BCUT2D eigenvalue weighted by Gasteiger charge is -2.38. The molecular formula is C27H32F6N2O6. The third kappa shape index (κ3) is 8.57. The number of carbonyl (C=O) groups excluding carboxylic acids is 1. The SMILES string of the molecule is CC(C)C(=O)O.COC(=O)N(Cc1cc(C(F)(F)F)cc(C(F)(F)F)c1)[C@H]1C[C@@H](C)Nc2cc(OC)c(OC)cc21. The molecule has 1 heterocycles. The van der Waals surface area contributed by atoms with Gasteiger partial charge in [0, 0.05) is 29.9 Å². The number of hydrogen-bond acceptors (Lipinski definition) is 6. The van der Waals surface area contributed by atoms with E-state index in [1.54, 1.807) is 26.0 Å². The molecule has 2 N–H and O–H groups in total. The fraction of sp³-hybridized carbons (Fsp3) is 0.481. The molecule has 2 aromatic carbocycles. The maximum atomic E-state index is 13.3. The van der Waals surface area contributed by atoms with Gasteiger partial charge in [-0.25, -0.2) is 4.79 Å². The second-order valence-electron chi connectivity index (χ2n) is 9.60. The van der Waals surface area contributed by atoms with Gasteiger partial charge in [0.1, 0.15) is 0 Å². The maximum absolute atomic E-state index is 13.3. The zero-order valence-electron chi connectivity index (χ0n) is 23.2. The summed E-state index contributed by atoms with van der Waals surface area (Å²) in [5.74, 6) is -0.222. The van der Waals surface area contributed by atoms with E-state index < -0.39 is 48.1 Å². The minimum absolute atomic E-state index is 0.0467. The van der Waals surface area contributed by atoms with Crippen LogP contribution in [0.2, 0.25) is 0 Å². The monoisotopic (exact) mass is 594 g/mol. The molecule has 1 aliphatic rings. The lowest BCUT2D eigenvalue weighted by Crippen LogP contribution is -2.40. The van der Waals surface area contributed by atoms with Crippen molar-refractivity contribution in [3.05, 3.63) is 52.6 Å². The molecular weight excluding hydrogens is 562 g/mol. The summed E-state index contributed by atoms with van der Waals surface area (Å²) in [5.41, 5.74) is -2.13. The highest BCUT2D eigenvalue weighted by atomic mass is 19.4. The second-order valence-corrected chi connectivity index (χ2v) is 9.60. The van der Waals surface area contributed by atoms with E-state index in [0.717, 1.165) is 12.0 Å². The van der Waals surface area contributed by atoms with Gasteiger partial charge >= 0.3 is 24.4 Å². The molecule has 228 valence electrons. The minimum Gasteiger partial charge on any atom is -0.493 e. The first-order valence-corrected chi connectivity index (χ1v) is 12.3. The van der Waals surface area contributed by atoms with Crippen LogP contribution in [0.3, 0.4) is 0 Å². The number of aliphatic carboxylic acids is 1. The summed E-state index contributed by atoms with van der Waals surface area (Å²) >= 11 is 0. The van der Waals surface area contributed by atoms with E-state index in [4.69, 9.17) is 19.3 Å². The van der Waals surface area contributed by atoms with Gasteiger partial charge in [-0.2, -0.15) is 26.3 Å². The predicted molar refractivity (Wildman–Crippen MR) is 137 cm³/mol. The molecule has 0 unspecified atom stereocenters. The van der Waals surface area contributed by atoms with E-state index in [1.807, 2.05) is 6.92 Å². The van der Waals surface area contributed by atoms with Gasteiger partial charge in [-0.3, -0.25) is 9.69 Å². The zero-order valence-corrected chi connectivity index (χ0v) is 23.2. The van der Waals surface area contributed by atoms with Gasteiger partial charge in [-0.1, -0.05) is 13.8 Å². The van der Waals surface area contributed by atoms with E-state index in [0.29, 0.717) is 41.3 Å². The van der Waals surface area contributed by atoms with Gasteiger partial charge in [-0.15, -0.1) is 0 Å². The molecule has 2 atom stereocenters. The highest BCUT2D eigenvalue weighted by molar-refractivity contribution is 5.71. The quantitative estimate of drug-likeness (QED) is 0.348. The van der Waals surface area contributed by atoms with E-state index in [9.17, 15) is 35.9 Å². The first-order chi connectivity index (χ1) is 18.9. The number of anilines is 1. The Morgan fingerprint density at radius 1 is 0.951 bits per heavy atom. The van der Waals surface area contributed by atoms with Crippen LogP contribution in [0.5, 0.6) is 11.5 Å². The van der Waals surface area contributed by atoms with E-state index >= 15 is 0 Å². The Morgan fingerprint density at radius 2 is 1.44 bits per heavy atom. The largest absolute Gasteiger partial charge is 0.493 e. The summed E-state index contributed by atoms with van der Waals surface area (Å²) in [6.07, 6.45) is -10.6. The normalized spacial score (nSPS) is 16.5. The fourth-order valence-corrected chi connectivity index (χ4v) is 4.10. The Kier molecular flexibility index (Phi) is 10.8. The summed E-state index contributed by atoms with van der Waals surface area (Å²) in [5, 5.41) is 11.2. The molecule has 2 aromatic rings. The summed E-state index contributed by atoms with van der Waals surface area (Å²) in [4.78, 5) is 23.6. The van der Waals surface area contributed by atoms with Crippen LogP contribution < -0.4 is 14.8 Å². The van der Waals surface area contributed by atoms with Gasteiger partial charge in [0.05, 0.1) is 44.4 Å². The van der Waals surface area contributed by atoms with Gasteiger partial charge < -0.3 is 24.6 Å². The van der Waals surface area contributed by atoms with E-state index in [1.165, 1.54) is 14.2 Å². The molecule has 0 aromatic heterocycles. The summed E-state index contributed by atoms with van der Waals surface area (Å²) in [6, 6.07) is 3.59. The Bertz CT molecular complexity index is 1200. The molecule has 14 heteroatoms. The number of rotatable bonds is 6. The van der Waals surface area contributed by atoms with E-state index in [-0.39, 0.29) is 23.6 Å². The molecule has 0 spiro atoms. The average Bonchev–Trinajstić information content (AvgIpc) is 2.89. The van der Waals surface area contributed by atoms with E-state index in [2.05, 4.69) is 5.32 Å². The van der Waals surface area contributed by atoms with Gasteiger partial charge in [0.2, 0.25) is 0 Å². The van der Waals surface area contributed by atoms with Crippen molar-refractivity contribution in [1.29, 1.82) is 0 Å². The van der Waals surface area contributed by atoms with Crippen LogP contribution in [0, 0.1) is 5.92 Å². The van der Waals surface area contributed by atoms with Crippen LogP contribution in [-0.4, -0.2) is 49.4 Å². The number of nitrogens with one attached hydrogen (secondary N) is 1. The van der Waals surface area contributed by atoms with Crippen LogP contribution in [-0.2, 0) is 28.4 Å². The molecule has 41 heavy (non-hydrogen) atoms. The van der Waals surface area contributed by atoms with Crippen molar-refractivity contribution in [2.75, 3.05) is 26.6 Å². The molecule has 0 radical (unpaired) electrons. The standard InChI is InChI=1S/C23H24F6N2O4.C4H8O2/c1-12-5-18(16-9-19(33-2)20(34-3)10-17(16)30-12)31(21(32)35-4)11-13-6-14(22(24,25)26)8-15(7-13)23(27,28)29;1-3(2)4(5)6/h6-10,12,18,30H,5,11H2,1-4H3;3H,1-2H3,(H,5,6)/t12-,18+;/m1./s1. The minimum atomic E-state index is -5.01. The van der Waals surface area contributed by atoms with Gasteiger partial charge in [-0.05, 0) is 43.2 Å². The van der Waals surface area contributed by atoms with Crippen molar-refractivity contribution < 1.29 is 55.2 Å². The average molecular weight is 595 g/mol. The van der Waals surface area contributed by atoms with Crippen molar-refractivity contribution in [3.63, 3.8) is 0 Å². The summed E-state index contributed by atoms with van der Waals surface area (Å²) in [6.45, 7) is 4.56. The molecule has 8 nitrogen and oxygen atoms in total. The lowest BCUT2D eigenvalue weighted by atomic mass is 9.91. The summed E-state index contributed by atoms with van der Waals surface area (Å²) < 4.78 is 95.6. The molecule has 0 saturated heterocycles. The van der Waals surface area contributed by atoms with Gasteiger partial charge in [0.25, 0.3) is 0 Å². The number of halogens is 6. The maximum Gasteiger partial charge on any atom is 0.416 e. The molecule has 0 bridgehead atoms. The highest BCUT2D eigenvalue weighted by Crippen LogP contribution is 2.44. The van der Waals surface area contributed by atoms with Crippen LogP contribution in [0.1, 0.15) is 55.5 Å². The fourth-order valence-electron chi connectivity index (χ4n) is 4.10. The number of amides is 1. The lowest BCUT2D eigenvalue weighted by molar-refractivity contribution is -0.143. The highest BCUT2D eigenvalue weighted by Gasteiger charge is 2.38. The molecule has 0 aliphatic carbocycles. The number of carboxylic acids is 1. The van der Waals surface area contributed by atoms with Crippen molar-refractivity contribution in [1.82, 2.24) is 4.90 Å². The van der Waals surface area contributed by atoms with Crippen molar-refractivity contribution in [3.8, 4) is 11.5 Å². The first-order valence-electron chi connectivity index (χ1n) is 12.3. The summed E-state index contributed by atoms with van der Waals surface area (Å²) in [7, 11) is 3.95. The molecule has 0 saturated carbocycles. The number of ether oxygens (including phenoxy) is 3. The molecule has 1 aliphatic heterocycles. The van der Waals surface area contributed by atoms with Crippen molar-refractivity contribution in [2.24, 2.45) is 5.92 Å². The van der Waals surface area contributed by atoms with Crippen LogP contribution in [0.15, 0.2) is 30.3 Å². The number of carboxylic acid groups (broad SMARTS) is 1. The number of methoxy groups -OCH3 is 3. The predicted octanol–water partition coefficient (Wildman–Crippen LogP) is 6.98. The molecule has 3 rings (SSSR count). The van der Waals surface area contributed by atoms with Crippen molar-refractivity contribution >= 4 is 17.7 Å². The Hall–Kier alpha value is -3.84. The smallest absolute Gasteiger partial charge is 0.416 e. The Morgan fingerprint density at radius 3 is 1.85 bits per heavy atom. The van der Waals surface area contributed by atoms with Crippen LogP contribution >= 0.6 is 0 Å². The number of fused-ring (bicyclic) bond motifs is 1. The number of carbonyl (C=O) groups is 2. The Balaban J connectivity index is 0.000000883. The van der Waals surface area contributed by atoms with Gasteiger partial charge in [0.15, 0.2) is 11.5 Å².